The average Bonchev–Trinajstić information content (AvgIpc) is 2.47. The maximum absolute atomic E-state index is 13.5. The summed E-state index contributed by atoms with van der Waals surface area (Å²) >= 11 is 6.12. The lowest BCUT2D eigenvalue weighted by molar-refractivity contribution is 0.274. The summed E-state index contributed by atoms with van der Waals surface area (Å²) in [4.78, 5) is 0. The number of hydrogen-bond acceptors (Lipinski definition) is 3. The number of hydrogen-bond donors (Lipinski definition) is 2. The van der Waals surface area contributed by atoms with Crippen molar-refractivity contribution in [1.82, 2.24) is 0 Å². The van der Waals surface area contributed by atoms with Gasteiger partial charge in [-0.3, -0.25) is 0 Å². The van der Waals surface area contributed by atoms with Crippen LogP contribution in [0, 0.1) is 5.82 Å². The predicted octanol–water partition coefficient (Wildman–Crippen LogP) is 3.59. The summed E-state index contributed by atoms with van der Waals surface area (Å²) in [7, 11) is 1.52. The Kier molecular flexibility index (Phi) is 4.82. The van der Waals surface area contributed by atoms with Gasteiger partial charge >= 0.3 is 0 Å². The number of anilines is 1. The quantitative estimate of drug-likeness (QED) is 0.886. The van der Waals surface area contributed by atoms with E-state index in [4.69, 9.17) is 16.3 Å². The molecule has 3 nitrogen and oxygen atoms in total. The smallest absolute Gasteiger partial charge is 0.128 e. The Labute approximate surface area is 122 Å². The molecule has 0 aliphatic heterocycles. The summed E-state index contributed by atoms with van der Waals surface area (Å²) in [6.07, 6.45) is 0. The highest BCUT2D eigenvalue weighted by atomic mass is 35.5. The Morgan fingerprint density at radius 1 is 1.25 bits per heavy atom. The van der Waals surface area contributed by atoms with E-state index in [1.807, 2.05) is 0 Å². The minimum Gasteiger partial charge on any atom is -0.496 e. The van der Waals surface area contributed by atoms with Crippen LogP contribution in [-0.4, -0.2) is 12.2 Å². The van der Waals surface area contributed by atoms with E-state index in [1.165, 1.54) is 13.2 Å². The van der Waals surface area contributed by atoms with Crippen molar-refractivity contribution in [2.24, 2.45) is 0 Å². The van der Waals surface area contributed by atoms with Crippen molar-refractivity contribution in [2.75, 3.05) is 12.4 Å². The molecule has 2 aromatic rings. The SMILES string of the molecule is COc1cc(NCc2ccccc2F)c(Cl)cc1CO. The lowest BCUT2D eigenvalue weighted by Gasteiger charge is -2.13. The second-order valence-electron chi connectivity index (χ2n) is 4.25. The summed E-state index contributed by atoms with van der Waals surface area (Å²) in [5, 5.41) is 12.7. The lowest BCUT2D eigenvalue weighted by atomic mass is 10.1. The van der Waals surface area contributed by atoms with Crippen molar-refractivity contribution in [2.45, 2.75) is 13.2 Å². The molecule has 0 aliphatic carbocycles. The van der Waals surface area contributed by atoms with Gasteiger partial charge in [-0.1, -0.05) is 29.8 Å². The first-order valence-corrected chi connectivity index (χ1v) is 6.48. The molecule has 20 heavy (non-hydrogen) atoms. The molecular weight excluding hydrogens is 281 g/mol. The first-order chi connectivity index (χ1) is 9.65. The molecule has 2 N–H and O–H groups in total. The predicted molar refractivity (Wildman–Crippen MR) is 77.7 cm³/mol. The molecule has 0 fully saturated rings. The summed E-state index contributed by atoms with van der Waals surface area (Å²) < 4.78 is 18.7. The van der Waals surface area contributed by atoms with Gasteiger partial charge in [0.1, 0.15) is 11.6 Å². The lowest BCUT2D eigenvalue weighted by Crippen LogP contribution is -2.03. The number of rotatable bonds is 5. The molecule has 0 bridgehead atoms. The first-order valence-electron chi connectivity index (χ1n) is 6.10. The Morgan fingerprint density at radius 2 is 2.00 bits per heavy atom. The molecule has 0 saturated heterocycles. The normalized spacial score (nSPS) is 10.4. The van der Waals surface area contributed by atoms with Crippen LogP contribution >= 0.6 is 11.6 Å². The van der Waals surface area contributed by atoms with Crippen LogP contribution in [0.2, 0.25) is 5.02 Å². The largest absolute Gasteiger partial charge is 0.496 e. The second kappa shape index (κ2) is 6.59. The summed E-state index contributed by atoms with van der Waals surface area (Å²) in [5.74, 6) is 0.267. The van der Waals surface area contributed by atoms with Gasteiger partial charge in [-0.2, -0.15) is 0 Å². The van der Waals surface area contributed by atoms with E-state index in [0.29, 0.717) is 34.1 Å². The van der Waals surface area contributed by atoms with Crippen LogP contribution in [0.15, 0.2) is 36.4 Å². The molecule has 106 valence electrons. The summed E-state index contributed by atoms with van der Waals surface area (Å²) in [5.41, 5.74) is 1.78. The van der Waals surface area contributed by atoms with Crippen LogP contribution in [0.1, 0.15) is 11.1 Å². The van der Waals surface area contributed by atoms with Gasteiger partial charge < -0.3 is 15.2 Å². The van der Waals surface area contributed by atoms with Crippen LogP contribution < -0.4 is 10.1 Å². The van der Waals surface area contributed by atoms with Crippen LogP contribution in [0.4, 0.5) is 10.1 Å². The molecule has 2 rings (SSSR count). The molecular formula is C15H15ClFNO2. The number of ether oxygens (including phenoxy) is 1. The number of aliphatic hydroxyl groups is 1. The van der Waals surface area contributed by atoms with Gasteiger partial charge in [0.05, 0.1) is 24.4 Å². The Balaban J connectivity index is 2.19. The monoisotopic (exact) mass is 295 g/mol. The van der Waals surface area contributed by atoms with E-state index in [-0.39, 0.29) is 12.4 Å². The third-order valence-corrected chi connectivity index (χ3v) is 3.28. The molecule has 0 unspecified atom stereocenters. The zero-order valence-corrected chi connectivity index (χ0v) is 11.7. The van der Waals surface area contributed by atoms with E-state index >= 15 is 0 Å². The summed E-state index contributed by atoms with van der Waals surface area (Å²) in [6, 6.07) is 9.85. The topological polar surface area (TPSA) is 41.5 Å². The van der Waals surface area contributed by atoms with E-state index in [9.17, 15) is 9.50 Å². The van der Waals surface area contributed by atoms with E-state index < -0.39 is 0 Å². The zero-order chi connectivity index (χ0) is 14.5. The van der Waals surface area contributed by atoms with Gasteiger partial charge in [0.15, 0.2) is 0 Å². The fourth-order valence-corrected chi connectivity index (χ4v) is 2.13. The van der Waals surface area contributed by atoms with Crippen LogP contribution in [0.5, 0.6) is 5.75 Å². The Bertz CT molecular complexity index is 604. The molecule has 5 heteroatoms. The molecule has 0 atom stereocenters. The molecule has 0 heterocycles. The molecule has 2 aromatic carbocycles. The van der Waals surface area contributed by atoms with Crippen molar-refractivity contribution >= 4 is 17.3 Å². The molecule has 0 amide bonds. The van der Waals surface area contributed by atoms with Gasteiger partial charge in [0, 0.05) is 23.7 Å². The minimum absolute atomic E-state index is 0.156. The fraction of sp³-hybridized carbons (Fsp3) is 0.200. The van der Waals surface area contributed by atoms with Crippen LogP contribution in [0.3, 0.4) is 0 Å². The van der Waals surface area contributed by atoms with Crippen molar-refractivity contribution in [3.05, 3.63) is 58.4 Å². The van der Waals surface area contributed by atoms with E-state index in [0.717, 1.165) is 0 Å². The van der Waals surface area contributed by atoms with Crippen LogP contribution in [-0.2, 0) is 13.2 Å². The molecule has 0 spiro atoms. The molecule has 0 aromatic heterocycles. The first kappa shape index (κ1) is 14.6. The highest BCUT2D eigenvalue weighted by Crippen LogP contribution is 2.31. The van der Waals surface area contributed by atoms with Crippen molar-refractivity contribution < 1.29 is 14.2 Å². The average molecular weight is 296 g/mol. The van der Waals surface area contributed by atoms with Gasteiger partial charge in [0.25, 0.3) is 0 Å². The van der Waals surface area contributed by atoms with Crippen molar-refractivity contribution in [1.29, 1.82) is 0 Å². The fourth-order valence-electron chi connectivity index (χ4n) is 1.88. The summed E-state index contributed by atoms with van der Waals surface area (Å²) in [6.45, 7) is 0.157. The standard InChI is InChI=1S/C15H15ClFNO2/c1-20-15-7-14(12(16)6-11(15)9-19)18-8-10-4-2-3-5-13(10)17/h2-7,18-19H,8-9H2,1H3. The zero-order valence-electron chi connectivity index (χ0n) is 11.0. The highest BCUT2D eigenvalue weighted by Gasteiger charge is 2.09. The second-order valence-corrected chi connectivity index (χ2v) is 4.65. The van der Waals surface area contributed by atoms with Crippen LogP contribution in [0.25, 0.3) is 0 Å². The van der Waals surface area contributed by atoms with E-state index in [1.54, 1.807) is 30.3 Å². The number of nitrogens with one attached hydrogen (secondary N) is 1. The maximum atomic E-state index is 13.5. The van der Waals surface area contributed by atoms with Gasteiger partial charge in [-0.25, -0.2) is 4.39 Å². The third kappa shape index (κ3) is 3.21. The third-order valence-electron chi connectivity index (χ3n) is 2.97. The van der Waals surface area contributed by atoms with Crippen molar-refractivity contribution in [3.8, 4) is 5.75 Å². The Hall–Kier alpha value is -1.78. The van der Waals surface area contributed by atoms with Gasteiger partial charge in [-0.15, -0.1) is 0 Å². The van der Waals surface area contributed by atoms with Gasteiger partial charge in [0.2, 0.25) is 0 Å². The highest BCUT2D eigenvalue weighted by molar-refractivity contribution is 6.33. The Morgan fingerprint density at radius 3 is 2.65 bits per heavy atom. The molecule has 0 radical (unpaired) electrons. The molecule has 0 aliphatic rings. The number of halogens is 2. The van der Waals surface area contributed by atoms with Crippen molar-refractivity contribution in [3.63, 3.8) is 0 Å². The van der Waals surface area contributed by atoms with E-state index in [2.05, 4.69) is 5.32 Å². The number of aliphatic hydroxyl groups excluding tert-OH is 1. The van der Waals surface area contributed by atoms with Gasteiger partial charge in [-0.05, 0) is 12.1 Å². The maximum Gasteiger partial charge on any atom is 0.128 e. The minimum atomic E-state index is -0.268. The number of methoxy groups -OCH3 is 1. The number of benzene rings is 2. The molecule has 0 saturated carbocycles.